The molecular weight excluding hydrogens is 235 g/mol. The van der Waals surface area contributed by atoms with Crippen LogP contribution >= 0.6 is 0 Å². The Morgan fingerprint density at radius 1 is 1.41 bits per heavy atom. The number of carboxylic acids is 1. The average molecular weight is 247 g/mol. The molecule has 2 N–H and O–H groups in total. The summed E-state index contributed by atoms with van der Waals surface area (Å²) in [6, 6.07) is 4.33. The molecule has 3 nitrogen and oxygen atoms in total. The van der Waals surface area contributed by atoms with Crippen LogP contribution in [0.1, 0.15) is 22.3 Å². The Kier molecular flexibility index (Phi) is 3.98. The number of rotatable bonds is 4. The van der Waals surface area contributed by atoms with Crippen molar-refractivity contribution in [3.05, 3.63) is 29.3 Å². The van der Waals surface area contributed by atoms with Crippen LogP contribution < -0.4 is 5.32 Å². The van der Waals surface area contributed by atoms with Crippen molar-refractivity contribution in [1.82, 2.24) is 0 Å². The number of aryl methyl sites for hydroxylation is 1. The number of hydrogen-bond donors (Lipinski definition) is 2. The van der Waals surface area contributed by atoms with Gasteiger partial charge in [0.05, 0.1) is 12.0 Å². The molecule has 0 saturated carbocycles. The van der Waals surface area contributed by atoms with Crippen LogP contribution in [-0.2, 0) is 0 Å². The van der Waals surface area contributed by atoms with Crippen molar-refractivity contribution < 1.29 is 23.1 Å². The van der Waals surface area contributed by atoms with Gasteiger partial charge in [-0.25, -0.2) is 4.79 Å². The molecule has 1 aromatic rings. The highest BCUT2D eigenvalue weighted by molar-refractivity contribution is 5.89. The third-order valence-corrected chi connectivity index (χ3v) is 2.19. The van der Waals surface area contributed by atoms with E-state index in [1.807, 2.05) is 0 Å². The highest BCUT2D eigenvalue weighted by Gasteiger charge is 2.26. The van der Waals surface area contributed by atoms with Crippen molar-refractivity contribution in [3.8, 4) is 0 Å². The van der Waals surface area contributed by atoms with E-state index in [1.54, 1.807) is 6.92 Å². The fraction of sp³-hybridized carbons (Fsp3) is 0.364. The Hall–Kier alpha value is -1.72. The molecule has 94 valence electrons. The molecule has 0 heterocycles. The molecule has 0 spiro atoms. The molecule has 0 aliphatic heterocycles. The summed E-state index contributed by atoms with van der Waals surface area (Å²) in [6.45, 7) is 1.37. The third-order valence-electron chi connectivity index (χ3n) is 2.19. The molecule has 0 fully saturated rings. The first-order chi connectivity index (χ1) is 7.79. The molecular formula is C11H12F3NO2. The summed E-state index contributed by atoms with van der Waals surface area (Å²) in [5.74, 6) is -1.05. The lowest BCUT2D eigenvalue weighted by Gasteiger charge is -2.10. The van der Waals surface area contributed by atoms with E-state index in [4.69, 9.17) is 5.11 Å². The minimum Gasteiger partial charge on any atom is -0.478 e. The zero-order valence-corrected chi connectivity index (χ0v) is 9.14. The lowest BCUT2D eigenvalue weighted by atomic mass is 10.1. The number of alkyl halides is 3. The minimum atomic E-state index is -4.19. The van der Waals surface area contributed by atoms with E-state index in [0.29, 0.717) is 11.3 Å². The smallest absolute Gasteiger partial charge is 0.390 e. The zero-order chi connectivity index (χ0) is 13.1. The van der Waals surface area contributed by atoms with Gasteiger partial charge in [0, 0.05) is 12.2 Å². The molecule has 0 atom stereocenters. The van der Waals surface area contributed by atoms with Crippen LogP contribution in [0.15, 0.2) is 18.2 Å². The molecule has 0 radical (unpaired) electrons. The molecule has 0 bridgehead atoms. The molecule has 0 aliphatic rings. The predicted octanol–water partition coefficient (Wildman–Crippen LogP) is 3.06. The second-order valence-electron chi connectivity index (χ2n) is 3.63. The highest BCUT2D eigenvalue weighted by atomic mass is 19.4. The Balaban J connectivity index is 2.62. The normalized spacial score (nSPS) is 11.3. The van der Waals surface area contributed by atoms with Crippen molar-refractivity contribution in [1.29, 1.82) is 0 Å². The van der Waals surface area contributed by atoms with Crippen LogP contribution in [0.4, 0.5) is 18.9 Å². The first-order valence-corrected chi connectivity index (χ1v) is 4.94. The number of halogens is 3. The van der Waals surface area contributed by atoms with Crippen molar-refractivity contribution in [2.75, 3.05) is 11.9 Å². The second kappa shape index (κ2) is 5.07. The standard InChI is InChI=1S/C11H12F3NO2/c1-7-6-8(2-3-9(7)10(16)17)15-5-4-11(12,13)14/h2-3,6,15H,4-5H2,1H3,(H,16,17). The molecule has 17 heavy (non-hydrogen) atoms. The van der Waals surface area contributed by atoms with Gasteiger partial charge in [0.25, 0.3) is 0 Å². The van der Waals surface area contributed by atoms with Gasteiger partial charge in [0.2, 0.25) is 0 Å². The maximum absolute atomic E-state index is 11.9. The summed E-state index contributed by atoms with van der Waals surface area (Å²) in [7, 11) is 0. The van der Waals surface area contributed by atoms with E-state index < -0.39 is 18.6 Å². The first-order valence-electron chi connectivity index (χ1n) is 4.94. The molecule has 0 amide bonds. The van der Waals surface area contributed by atoms with Gasteiger partial charge < -0.3 is 10.4 Å². The van der Waals surface area contributed by atoms with Gasteiger partial charge in [0.1, 0.15) is 0 Å². The molecule has 1 aromatic carbocycles. The number of hydrogen-bond acceptors (Lipinski definition) is 2. The Labute approximate surface area is 96.3 Å². The summed E-state index contributed by atoms with van der Waals surface area (Å²) < 4.78 is 35.7. The van der Waals surface area contributed by atoms with Crippen molar-refractivity contribution >= 4 is 11.7 Å². The number of nitrogens with one attached hydrogen (secondary N) is 1. The summed E-state index contributed by atoms with van der Waals surface area (Å²) >= 11 is 0. The van der Waals surface area contributed by atoms with Gasteiger partial charge in [-0.1, -0.05) is 0 Å². The Morgan fingerprint density at radius 3 is 2.53 bits per heavy atom. The maximum atomic E-state index is 11.9. The van der Waals surface area contributed by atoms with E-state index in [9.17, 15) is 18.0 Å². The molecule has 0 aromatic heterocycles. The lowest BCUT2D eigenvalue weighted by molar-refractivity contribution is -0.131. The molecule has 6 heteroatoms. The maximum Gasteiger partial charge on any atom is 0.390 e. The molecule has 1 rings (SSSR count). The van der Waals surface area contributed by atoms with E-state index >= 15 is 0 Å². The number of anilines is 1. The quantitative estimate of drug-likeness (QED) is 0.859. The van der Waals surface area contributed by atoms with Gasteiger partial charge in [-0.2, -0.15) is 13.2 Å². The summed E-state index contributed by atoms with van der Waals surface area (Å²) in [5.41, 5.74) is 1.14. The van der Waals surface area contributed by atoms with E-state index in [2.05, 4.69) is 5.32 Å². The fourth-order valence-corrected chi connectivity index (χ4v) is 1.36. The van der Waals surface area contributed by atoms with Gasteiger partial charge >= 0.3 is 12.1 Å². The van der Waals surface area contributed by atoms with Crippen LogP contribution in [0.2, 0.25) is 0 Å². The Bertz CT molecular complexity index is 416. The SMILES string of the molecule is Cc1cc(NCCC(F)(F)F)ccc1C(=O)O. The summed E-state index contributed by atoms with van der Waals surface area (Å²) in [4.78, 5) is 10.7. The Morgan fingerprint density at radius 2 is 2.06 bits per heavy atom. The third kappa shape index (κ3) is 4.34. The molecule has 0 unspecified atom stereocenters. The minimum absolute atomic E-state index is 0.145. The van der Waals surface area contributed by atoms with Gasteiger partial charge in [0.15, 0.2) is 0 Å². The predicted molar refractivity (Wildman–Crippen MR) is 57.3 cm³/mol. The van der Waals surface area contributed by atoms with Gasteiger partial charge in [-0.15, -0.1) is 0 Å². The first kappa shape index (κ1) is 13.3. The van der Waals surface area contributed by atoms with Gasteiger partial charge in [-0.05, 0) is 30.7 Å². The monoisotopic (exact) mass is 247 g/mol. The van der Waals surface area contributed by atoms with Crippen LogP contribution in [0, 0.1) is 6.92 Å². The van der Waals surface area contributed by atoms with Crippen molar-refractivity contribution in [2.24, 2.45) is 0 Å². The summed E-state index contributed by atoms with van der Waals surface area (Å²) in [5, 5.41) is 11.4. The van der Waals surface area contributed by atoms with E-state index in [1.165, 1.54) is 18.2 Å². The number of benzene rings is 1. The van der Waals surface area contributed by atoms with Crippen LogP contribution in [-0.4, -0.2) is 23.8 Å². The number of carbonyl (C=O) groups is 1. The molecule has 0 aliphatic carbocycles. The average Bonchev–Trinajstić information content (AvgIpc) is 2.15. The lowest BCUT2D eigenvalue weighted by Crippen LogP contribution is -2.14. The largest absolute Gasteiger partial charge is 0.478 e. The second-order valence-corrected chi connectivity index (χ2v) is 3.63. The van der Waals surface area contributed by atoms with Gasteiger partial charge in [-0.3, -0.25) is 0 Å². The molecule has 0 saturated heterocycles. The number of carboxylic acid groups (broad SMARTS) is 1. The van der Waals surface area contributed by atoms with Crippen LogP contribution in [0.25, 0.3) is 0 Å². The van der Waals surface area contributed by atoms with E-state index in [0.717, 1.165) is 0 Å². The van der Waals surface area contributed by atoms with E-state index in [-0.39, 0.29) is 12.1 Å². The topological polar surface area (TPSA) is 49.3 Å². The number of aromatic carboxylic acids is 1. The fourth-order valence-electron chi connectivity index (χ4n) is 1.36. The summed E-state index contributed by atoms with van der Waals surface area (Å²) in [6.07, 6.45) is -5.12. The zero-order valence-electron chi connectivity index (χ0n) is 9.14. The van der Waals surface area contributed by atoms with Crippen LogP contribution in [0.5, 0.6) is 0 Å². The van der Waals surface area contributed by atoms with Crippen molar-refractivity contribution in [3.63, 3.8) is 0 Å². The highest BCUT2D eigenvalue weighted by Crippen LogP contribution is 2.20. The van der Waals surface area contributed by atoms with Crippen LogP contribution in [0.3, 0.4) is 0 Å². The van der Waals surface area contributed by atoms with Crippen molar-refractivity contribution in [2.45, 2.75) is 19.5 Å².